The maximum absolute atomic E-state index is 12.3. The molecule has 0 spiro atoms. The third kappa shape index (κ3) is 5.37. The zero-order valence-electron chi connectivity index (χ0n) is 15.3. The molecule has 1 unspecified atom stereocenters. The van der Waals surface area contributed by atoms with Gasteiger partial charge in [-0.1, -0.05) is 6.92 Å². The lowest BCUT2D eigenvalue weighted by Crippen LogP contribution is -2.44. The van der Waals surface area contributed by atoms with Crippen LogP contribution in [0.3, 0.4) is 0 Å². The van der Waals surface area contributed by atoms with Crippen molar-refractivity contribution in [3.63, 3.8) is 0 Å². The number of piperidine rings is 1. The second kappa shape index (κ2) is 9.30. The fourth-order valence-corrected chi connectivity index (χ4v) is 2.98. The van der Waals surface area contributed by atoms with Crippen LogP contribution in [0.2, 0.25) is 0 Å². The summed E-state index contributed by atoms with van der Waals surface area (Å²) in [5.41, 5.74) is 0.451. The van der Waals surface area contributed by atoms with Crippen LogP contribution in [0.15, 0.2) is 18.2 Å². The number of likely N-dealkylation sites (tertiary alicyclic amines) is 1. The molecule has 2 amide bonds. The molecule has 1 aromatic carbocycles. The lowest BCUT2D eigenvalue weighted by molar-refractivity contribution is -0.131. The summed E-state index contributed by atoms with van der Waals surface area (Å²) >= 11 is 0. The van der Waals surface area contributed by atoms with E-state index in [-0.39, 0.29) is 18.4 Å². The van der Waals surface area contributed by atoms with Crippen LogP contribution in [0.4, 0.5) is 0 Å². The largest absolute Gasteiger partial charge is 0.490 e. The predicted molar refractivity (Wildman–Crippen MR) is 96.1 cm³/mol. The Morgan fingerprint density at radius 3 is 2.60 bits per heavy atom. The van der Waals surface area contributed by atoms with Gasteiger partial charge in [0.2, 0.25) is 5.91 Å². The molecular formula is C19H28N2O4. The van der Waals surface area contributed by atoms with Crippen molar-refractivity contribution in [3.05, 3.63) is 23.8 Å². The molecule has 1 aromatic rings. The molecule has 1 N–H and O–H groups in total. The van der Waals surface area contributed by atoms with Crippen LogP contribution in [-0.4, -0.2) is 49.6 Å². The van der Waals surface area contributed by atoms with Gasteiger partial charge in [0, 0.05) is 18.7 Å². The fraction of sp³-hybridized carbons (Fsp3) is 0.579. The molecule has 1 heterocycles. The number of hydrogen-bond donors (Lipinski definition) is 1. The summed E-state index contributed by atoms with van der Waals surface area (Å²) < 4.78 is 11.0. The number of carbonyl (C=O) groups is 2. The first-order valence-electron chi connectivity index (χ1n) is 9.00. The molecule has 1 aliphatic heterocycles. The minimum Gasteiger partial charge on any atom is -0.490 e. The summed E-state index contributed by atoms with van der Waals surface area (Å²) in [4.78, 5) is 26.4. The summed E-state index contributed by atoms with van der Waals surface area (Å²) in [6.45, 7) is 8.48. The van der Waals surface area contributed by atoms with Crippen molar-refractivity contribution in [2.45, 2.75) is 33.6 Å². The molecule has 0 aromatic heterocycles. The van der Waals surface area contributed by atoms with Gasteiger partial charge in [-0.3, -0.25) is 9.59 Å². The van der Waals surface area contributed by atoms with Crippen molar-refractivity contribution in [3.8, 4) is 11.5 Å². The number of carbonyl (C=O) groups excluding carboxylic acids is 2. The molecule has 0 bridgehead atoms. The molecule has 6 nitrogen and oxygen atoms in total. The standard InChI is InChI=1S/C19H28N2O4/c1-4-24-16-9-8-15(11-17(16)25-5-2)19(23)20-12-18(22)21-10-6-7-14(3)13-21/h8-9,11,14H,4-7,10,12-13H2,1-3H3,(H,20,23). The third-order valence-electron chi connectivity index (χ3n) is 4.22. The van der Waals surface area contributed by atoms with Crippen LogP contribution in [0.5, 0.6) is 11.5 Å². The predicted octanol–water partition coefficient (Wildman–Crippen LogP) is 2.47. The van der Waals surface area contributed by atoms with E-state index < -0.39 is 0 Å². The Morgan fingerprint density at radius 2 is 1.92 bits per heavy atom. The van der Waals surface area contributed by atoms with E-state index in [4.69, 9.17) is 9.47 Å². The zero-order chi connectivity index (χ0) is 18.2. The Balaban J connectivity index is 1.95. The molecule has 25 heavy (non-hydrogen) atoms. The lowest BCUT2D eigenvalue weighted by atomic mass is 10.0. The number of nitrogens with zero attached hydrogens (tertiary/aromatic N) is 1. The first-order valence-corrected chi connectivity index (χ1v) is 9.00. The van der Waals surface area contributed by atoms with Gasteiger partial charge in [-0.15, -0.1) is 0 Å². The van der Waals surface area contributed by atoms with E-state index in [1.165, 1.54) is 0 Å². The Morgan fingerprint density at radius 1 is 1.20 bits per heavy atom. The Bertz CT molecular complexity index is 603. The third-order valence-corrected chi connectivity index (χ3v) is 4.22. The van der Waals surface area contributed by atoms with Gasteiger partial charge in [-0.2, -0.15) is 0 Å². The van der Waals surface area contributed by atoms with Crippen molar-refractivity contribution in [1.82, 2.24) is 10.2 Å². The average Bonchev–Trinajstić information content (AvgIpc) is 2.61. The summed E-state index contributed by atoms with van der Waals surface area (Å²) in [6.07, 6.45) is 2.18. The summed E-state index contributed by atoms with van der Waals surface area (Å²) in [7, 11) is 0. The minimum atomic E-state index is -0.289. The van der Waals surface area contributed by atoms with Crippen molar-refractivity contribution < 1.29 is 19.1 Å². The fourth-order valence-electron chi connectivity index (χ4n) is 2.98. The first kappa shape index (κ1) is 19.1. The van der Waals surface area contributed by atoms with Crippen LogP contribution in [0.25, 0.3) is 0 Å². The van der Waals surface area contributed by atoms with Crippen molar-refractivity contribution in [2.24, 2.45) is 5.92 Å². The highest BCUT2D eigenvalue weighted by Crippen LogP contribution is 2.28. The number of ether oxygens (including phenoxy) is 2. The van der Waals surface area contributed by atoms with Gasteiger partial charge in [0.1, 0.15) is 0 Å². The molecular weight excluding hydrogens is 320 g/mol. The van der Waals surface area contributed by atoms with Gasteiger partial charge in [0.05, 0.1) is 19.8 Å². The van der Waals surface area contributed by atoms with E-state index in [0.717, 1.165) is 25.9 Å². The zero-order valence-corrected chi connectivity index (χ0v) is 15.3. The van der Waals surface area contributed by atoms with Gasteiger partial charge in [0.15, 0.2) is 11.5 Å². The minimum absolute atomic E-state index is 0.0166. The van der Waals surface area contributed by atoms with Crippen LogP contribution in [-0.2, 0) is 4.79 Å². The maximum Gasteiger partial charge on any atom is 0.251 e. The molecule has 138 valence electrons. The number of amides is 2. The Kier molecular flexibility index (Phi) is 7.10. The van der Waals surface area contributed by atoms with Crippen molar-refractivity contribution in [2.75, 3.05) is 32.8 Å². The van der Waals surface area contributed by atoms with Crippen LogP contribution in [0, 0.1) is 5.92 Å². The summed E-state index contributed by atoms with van der Waals surface area (Å²) in [5, 5.41) is 2.71. The topological polar surface area (TPSA) is 67.9 Å². The molecule has 2 rings (SSSR count). The van der Waals surface area contributed by atoms with Gasteiger partial charge in [0.25, 0.3) is 5.91 Å². The van der Waals surface area contributed by atoms with Crippen LogP contribution >= 0.6 is 0 Å². The van der Waals surface area contributed by atoms with Gasteiger partial charge < -0.3 is 19.7 Å². The highest BCUT2D eigenvalue weighted by atomic mass is 16.5. The SMILES string of the molecule is CCOc1ccc(C(=O)NCC(=O)N2CCCC(C)C2)cc1OCC. The van der Waals surface area contributed by atoms with Crippen molar-refractivity contribution >= 4 is 11.8 Å². The second-order valence-corrected chi connectivity index (χ2v) is 6.30. The van der Waals surface area contributed by atoms with E-state index in [0.29, 0.717) is 36.2 Å². The average molecular weight is 348 g/mol. The number of benzene rings is 1. The summed E-state index contributed by atoms with van der Waals surface area (Å²) in [6, 6.07) is 5.05. The van der Waals surface area contributed by atoms with E-state index in [1.54, 1.807) is 18.2 Å². The van der Waals surface area contributed by atoms with E-state index >= 15 is 0 Å². The highest BCUT2D eigenvalue weighted by Gasteiger charge is 2.21. The quantitative estimate of drug-likeness (QED) is 0.822. The molecule has 1 saturated heterocycles. The molecule has 1 fully saturated rings. The van der Waals surface area contributed by atoms with Crippen LogP contribution in [0.1, 0.15) is 44.0 Å². The smallest absolute Gasteiger partial charge is 0.251 e. The van der Waals surface area contributed by atoms with Gasteiger partial charge in [-0.25, -0.2) is 0 Å². The number of rotatable bonds is 7. The molecule has 0 aliphatic carbocycles. The van der Waals surface area contributed by atoms with E-state index in [9.17, 15) is 9.59 Å². The lowest BCUT2D eigenvalue weighted by Gasteiger charge is -2.31. The molecule has 1 atom stereocenters. The molecule has 6 heteroatoms. The normalized spacial score (nSPS) is 17.1. The molecule has 1 aliphatic rings. The Labute approximate surface area is 149 Å². The Hall–Kier alpha value is -2.24. The molecule has 0 saturated carbocycles. The maximum atomic E-state index is 12.3. The van der Waals surface area contributed by atoms with Crippen molar-refractivity contribution in [1.29, 1.82) is 0 Å². The highest BCUT2D eigenvalue weighted by molar-refractivity contribution is 5.97. The number of hydrogen-bond acceptors (Lipinski definition) is 4. The van der Waals surface area contributed by atoms with Gasteiger partial charge in [-0.05, 0) is 50.8 Å². The first-order chi connectivity index (χ1) is 12.0. The summed E-state index contributed by atoms with van der Waals surface area (Å²) in [5.74, 6) is 1.35. The molecule has 0 radical (unpaired) electrons. The van der Waals surface area contributed by atoms with E-state index in [1.807, 2.05) is 18.7 Å². The second-order valence-electron chi connectivity index (χ2n) is 6.30. The van der Waals surface area contributed by atoms with Gasteiger partial charge >= 0.3 is 0 Å². The number of nitrogens with one attached hydrogen (secondary N) is 1. The van der Waals surface area contributed by atoms with Crippen LogP contribution < -0.4 is 14.8 Å². The van der Waals surface area contributed by atoms with E-state index in [2.05, 4.69) is 12.2 Å². The monoisotopic (exact) mass is 348 g/mol.